The van der Waals surface area contributed by atoms with Crippen LogP contribution in [0.2, 0.25) is 0 Å². The number of carbonyl (C=O) groups is 1. The summed E-state index contributed by atoms with van der Waals surface area (Å²) in [6, 6.07) is 5.26. The predicted octanol–water partition coefficient (Wildman–Crippen LogP) is 1.74. The van der Waals surface area contributed by atoms with E-state index in [0.29, 0.717) is 11.1 Å². The van der Waals surface area contributed by atoms with Crippen molar-refractivity contribution in [1.29, 1.82) is 0 Å². The Bertz CT molecular complexity index is 800. The Balaban J connectivity index is 2.52. The van der Waals surface area contributed by atoms with E-state index in [1.807, 2.05) is 0 Å². The molecule has 0 saturated carbocycles. The highest BCUT2D eigenvalue weighted by molar-refractivity contribution is 7.99. The Morgan fingerprint density at radius 2 is 1.88 bits per heavy atom. The molecule has 0 radical (unpaired) electrons. The lowest BCUT2D eigenvalue weighted by Gasteiger charge is -2.27. The number of hydrogen-bond donors (Lipinski definition) is 1. The summed E-state index contributed by atoms with van der Waals surface area (Å²) >= 11 is 0. The van der Waals surface area contributed by atoms with Crippen LogP contribution in [0.3, 0.4) is 0 Å². The van der Waals surface area contributed by atoms with Gasteiger partial charge in [0.15, 0.2) is 0 Å². The van der Waals surface area contributed by atoms with Crippen LogP contribution < -0.4 is 4.72 Å². The van der Waals surface area contributed by atoms with Gasteiger partial charge in [-0.15, -0.1) is 0 Å². The zero-order valence-electron chi connectivity index (χ0n) is 15.0. The number of amides is 1. The van der Waals surface area contributed by atoms with Gasteiger partial charge in [0.25, 0.3) is 5.91 Å². The number of ether oxygens (including phenoxy) is 1. The van der Waals surface area contributed by atoms with Crippen molar-refractivity contribution in [3.63, 3.8) is 0 Å². The maximum Gasteiger partial charge on any atom is 0.251 e. The molecule has 1 amide bonds. The van der Waals surface area contributed by atoms with Crippen molar-refractivity contribution < 1.29 is 22.3 Å². The molecule has 138 valence electrons. The number of nitrogens with zero attached hydrogens (tertiary/aromatic N) is 1. The van der Waals surface area contributed by atoms with Gasteiger partial charge >= 0.3 is 0 Å². The number of methoxy groups -OCH3 is 1. The first-order valence-corrected chi connectivity index (χ1v) is 9.29. The maximum absolute atomic E-state index is 13.2. The first kappa shape index (κ1) is 19.6. The van der Waals surface area contributed by atoms with Gasteiger partial charge in [0.2, 0.25) is 10.0 Å². The second-order valence-corrected chi connectivity index (χ2v) is 8.24. The summed E-state index contributed by atoms with van der Waals surface area (Å²) in [7, 11) is -0.742. The fourth-order valence-electron chi connectivity index (χ4n) is 2.82. The highest BCUT2D eigenvalue weighted by Crippen LogP contribution is 2.38. The van der Waals surface area contributed by atoms with Gasteiger partial charge in [-0.25, -0.2) is 17.5 Å². The molecule has 1 N–H and O–H groups in total. The van der Waals surface area contributed by atoms with Gasteiger partial charge in [-0.2, -0.15) is 0 Å². The van der Waals surface area contributed by atoms with Crippen molar-refractivity contribution >= 4 is 20.8 Å². The summed E-state index contributed by atoms with van der Waals surface area (Å²) in [5, 5.41) is 0. The van der Waals surface area contributed by atoms with Crippen LogP contribution in [0.15, 0.2) is 29.8 Å². The predicted molar refractivity (Wildman–Crippen MR) is 93.6 cm³/mol. The van der Waals surface area contributed by atoms with Crippen LogP contribution >= 0.6 is 0 Å². The monoisotopic (exact) mass is 370 g/mol. The van der Waals surface area contributed by atoms with Crippen molar-refractivity contribution in [2.45, 2.75) is 32.4 Å². The molecule has 0 fully saturated rings. The Morgan fingerprint density at radius 1 is 1.32 bits per heavy atom. The summed E-state index contributed by atoms with van der Waals surface area (Å²) in [6.45, 7) is 5.20. The van der Waals surface area contributed by atoms with Gasteiger partial charge in [0, 0.05) is 20.7 Å². The first-order valence-electron chi connectivity index (χ1n) is 7.81. The van der Waals surface area contributed by atoms with Gasteiger partial charge in [-0.05, 0) is 44.0 Å². The summed E-state index contributed by atoms with van der Waals surface area (Å²) in [4.78, 5) is 13.8. The molecular formula is C17H23FN2O4S. The molecule has 0 aromatic heterocycles. The molecule has 0 bridgehead atoms. The molecule has 1 unspecified atom stereocenters. The molecule has 0 aliphatic carbocycles. The average Bonchev–Trinajstić information content (AvgIpc) is 2.70. The molecule has 1 aliphatic rings. The normalized spacial score (nSPS) is 19.8. The number of nitrogens with one attached hydrogen (secondary N) is 1. The van der Waals surface area contributed by atoms with Gasteiger partial charge in [-0.3, -0.25) is 4.79 Å². The molecule has 0 spiro atoms. The number of rotatable bonds is 5. The maximum atomic E-state index is 13.2. The Hall–Kier alpha value is -1.77. The van der Waals surface area contributed by atoms with E-state index >= 15 is 0 Å². The van der Waals surface area contributed by atoms with Crippen molar-refractivity contribution in [2.24, 2.45) is 0 Å². The smallest absolute Gasteiger partial charge is 0.251 e. The van der Waals surface area contributed by atoms with Crippen LogP contribution in [0.4, 0.5) is 4.39 Å². The van der Waals surface area contributed by atoms with E-state index in [4.69, 9.17) is 4.74 Å². The lowest BCUT2D eigenvalue weighted by atomic mass is 9.92. The first-order chi connectivity index (χ1) is 11.5. The zero-order valence-corrected chi connectivity index (χ0v) is 15.8. The fourth-order valence-corrected chi connectivity index (χ4v) is 4.81. The van der Waals surface area contributed by atoms with Gasteiger partial charge in [0.05, 0.1) is 10.4 Å². The van der Waals surface area contributed by atoms with Crippen LogP contribution in [0.25, 0.3) is 4.91 Å². The highest BCUT2D eigenvalue weighted by atomic mass is 32.2. The van der Waals surface area contributed by atoms with E-state index < -0.39 is 27.5 Å². The van der Waals surface area contributed by atoms with E-state index in [1.54, 1.807) is 27.8 Å². The second kappa shape index (κ2) is 6.86. The van der Waals surface area contributed by atoms with Crippen LogP contribution in [-0.2, 0) is 19.6 Å². The molecule has 1 aromatic rings. The van der Waals surface area contributed by atoms with E-state index in [9.17, 15) is 17.6 Å². The lowest BCUT2D eigenvalue weighted by molar-refractivity contribution is -0.139. The quantitative estimate of drug-likeness (QED) is 0.857. The molecule has 2 rings (SSSR count). The van der Waals surface area contributed by atoms with E-state index in [0.717, 1.165) is 0 Å². The van der Waals surface area contributed by atoms with Crippen molar-refractivity contribution in [3.8, 4) is 0 Å². The topological polar surface area (TPSA) is 75.7 Å². The van der Waals surface area contributed by atoms with E-state index in [-0.39, 0.29) is 17.4 Å². The molecule has 0 saturated heterocycles. The largest absolute Gasteiger partial charge is 0.372 e. The van der Waals surface area contributed by atoms with E-state index in [2.05, 4.69) is 4.72 Å². The molecule has 25 heavy (non-hydrogen) atoms. The third-order valence-electron chi connectivity index (χ3n) is 4.27. The Labute approximate surface area is 147 Å². The molecule has 1 aromatic carbocycles. The fraction of sp³-hybridized carbons (Fsp3) is 0.471. The molecule has 1 heterocycles. The summed E-state index contributed by atoms with van der Waals surface area (Å²) in [6.07, 6.45) is -0.631. The number of sulfonamides is 1. The number of benzene rings is 1. The third-order valence-corrected chi connectivity index (χ3v) is 6.06. The van der Waals surface area contributed by atoms with Gasteiger partial charge in [0.1, 0.15) is 11.9 Å². The van der Waals surface area contributed by atoms with Crippen LogP contribution in [0.5, 0.6) is 0 Å². The highest BCUT2D eigenvalue weighted by Gasteiger charge is 2.43. The third kappa shape index (κ3) is 3.91. The molecule has 1 atom stereocenters. The van der Waals surface area contributed by atoms with Crippen LogP contribution in [0.1, 0.15) is 26.3 Å². The number of hydrogen-bond acceptors (Lipinski definition) is 4. The number of likely N-dealkylation sites (N-methyl/N-ethyl adjacent to an activating group) is 1. The van der Waals surface area contributed by atoms with Gasteiger partial charge < -0.3 is 9.64 Å². The summed E-state index contributed by atoms with van der Waals surface area (Å²) in [5.41, 5.74) is 0.0568. The Morgan fingerprint density at radius 3 is 2.40 bits per heavy atom. The Kier molecular flexibility index (Phi) is 5.36. The molecule has 1 aliphatic heterocycles. The number of halogens is 1. The van der Waals surface area contributed by atoms with Gasteiger partial charge in [-0.1, -0.05) is 12.1 Å². The summed E-state index contributed by atoms with van der Waals surface area (Å²) in [5.74, 6) is -0.705. The minimum absolute atomic E-state index is 0.0854. The zero-order chi connectivity index (χ0) is 19.0. The van der Waals surface area contributed by atoms with Crippen LogP contribution in [0, 0.1) is 5.82 Å². The van der Waals surface area contributed by atoms with E-state index in [1.165, 1.54) is 36.3 Å². The SMILES string of the molecule is COC(C)C(=O)N(C)CC1=C(c2ccc(F)cc2)S(=O)(=O)NC1(C)C. The van der Waals surface area contributed by atoms with Crippen molar-refractivity contribution in [3.05, 3.63) is 41.2 Å². The number of carbonyl (C=O) groups excluding carboxylic acids is 1. The molecular weight excluding hydrogens is 347 g/mol. The lowest BCUT2D eigenvalue weighted by Crippen LogP contribution is -2.43. The standard InChI is InChI=1S/C17H23FN2O4S/c1-11(24-5)16(21)20(4)10-14-15(12-6-8-13(18)9-7-12)25(22,23)19-17(14,2)3/h6-9,11,19H,10H2,1-5H3. The van der Waals surface area contributed by atoms with Crippen molar-refractivity contribution in [2.75, 3.05) is 20.7 Å². The van der Waals surface area contributed by atoms with Crippen LogP contribution in [-0.4, -0.2) is 51.6 Å². The molecule has 6 nitrogen and oxygen atoms in total. The summed E-state index contributed by atoms with van der Waals surface area (Å²) < 4.78 is 46.1. The average molecular weight is 370 g/mol. The molecule has 8 heteroatoms. The second-order valence-electron chi connectivity index (χ2n) is 6.62. The van der Waals surface area contributed by atoms with Crippen molar-refractivity contribution in [1.82, 2.24) is 9.62 Å². The minimum atomic E-state index is -3.77. The minimum Gasteiger partial charge on any atom is -0.372 e.